The number of hydrogen-bond donors (Lipinski definition) is 2. The second-order valence-electron chi connectivity index (χ2n) is 4.66. The first-order chi connectivity index (χ1) is 10.8. The first-order valence-corrected chi connectivity index (χ1v) is 7.97. The first-order valence-electron chi connectivity index (χ1n) is 6.75. The van der Waals surface area contributed by atoms with Crippen molar-refractivity contribution in [1.82, 2.24) is 20.2 Å². The van der Waals surface area contributed by atoms with Crippen LogP contribution in [0.3, 0.4) is 0 Å². The van der Waals surface area contributed by atoms with Crippen LogP contribution in [0.1, 0.15) is 0 Å². The summed E-state index contributed by atoms with van der Waals surface area (Å²) < 4.78 is 11.1. The summed E-state index contributed by atoms with van der Waals surface area (Å²) in [5.74, 6) is 2.20. The van der Waals surface area contributed by atoms with E-state index in [9.17, 15) is 0 Å². The number of thioether (sulfide) groups is 1. The van der Waals surface area contributed by atoms with Crippen molar-refractivity contribution >= 4 is 34.3 Å². The van der Waals surface area contributed by atoms with Crippen molar-refractivity contribution in [3.05, 3.63) is 24.5 Å². The van der Waals surface area contributed by atoms with E-state index >= 15 is 0 Å². The highest BCUT2D eigenvalue weighted by atomic mass is 32.2. The van der Waals surface area contributed by atoms with Crippen LogP contribution in [0.4, 0.5) is 11.5 Å². The molecule has 0 radical (unpaired) electrons. The Morgan fingerprint density at radius 2 is 2.05 bits per heavy atom. The van der Waals surface area contributed by atoms with Gasteiger partial charge in [-0.2, -0.15) is 5.10 Å². The summed E-state index contributed by atoms with van der Waals surface area (Å²) in [4.78, 5) is 8.52. The molecule has 0 aliphatic carbocycles. The lowest BCUT2D eigenvalue weighted by Gasteiger charge is -2.19. The highest BCUT2D eigenvalue weighted by Gasteiger charge is 2.15. The van der Waals surface area contributed by atoms with Crippen LogP contribution in [0.5, 0.6) is 11.5 Å². The second-order valence-corrected chi connectivity index (χ2v) is 5.46. The number of aromatic amines is 1. The minimum absolute atomic E-state index is 0.562. The summed E-state index contributed by atoms with van der Waals surface area (Å²) in [7, 11) is 0. The van der Waals surface area contributed by atoms with Gasteiger partial charge in [0.25, 0.3) is 0 Å². The lowest BCUT2D eigenvalue weighted by atomic mass is 10.2. The molecule has 0 fully saturated rings. The van der Waals surface area contributed by atoms with Crippen molar-refractivity contribution in [2.75, 3.05) is 24.8 Å². The third kappa shape index (κ3) is 2.21. The number of aromatic nitrogens is 4. The van der Waals surface area contributed by atoms with Gasteiger partial charge in [0.15, 0.2) is 17.1 Å². The van der Waals surface area contributed by atoms with Crippen molar-refractivity contribution in [3.63, 3.8) is 0 Å². The lowest BCUT2D eigenvalue weighted by molar-refractivity contribution is 0.171. The fraction of sp³-hybridized carbons (Fsp3) is 0.214. The van der Waals surface area contributed by atoms with Crippen LogP contribution >= 0.6 is 11.8 Å². The number of rotatable bonds is 3. The quantitative estimate of drug-likeness (QED) is 0.718. The summed E-state index contributed by atoms with van der Waals surface area (Å²) in [5, 5.41) is 12.2. The molecular formula is C14H13N5O2S. The number of fused-ring (bicyclic) bond motifs is 2. The molecule has 2 N–H and O–H groups in total. The third-order valence-electron chi connectivity index (χ3n) is 3.32. The molecule has 1 aliphatic rings. The van der Waals surface area contributed by atoms with E-state index in [4.69, 9.17) is 9.47 Å². The maximum absolute atomic E-state index is 5.60. The molecule has 0 spiro atoms. The molecule has 0 atom stereocenters. The zero-order chi connectivity index (χ0) is 14.9. The Morgan fingerprint density at radius 3 is 2.91 bits per heavy atom. The standard InChI is InChI=1S/C14H13N5O2S/c1-22-14-11-12(15-7-16-13(11)18-19-14)17-8-2-3-9-10(6-8)21-5-4-20-9/h2-3,6-7H,4-5H2,1H3,(H2,15,16,17,18,19). The smallest absolute Gasteiger partial charge is 0.163 e. The molecule has 1 aromatic carbocycles. The molecule has 0 bridgehead atoms. The van der Waals surface area contributed by atoms with Crippen molar-refractivity contribution < 1.29 is 9.47 Å². The molecule has 1 aliphatic heterocycles. The molecule has 7 nitrogen and oxygen atoms in total. The highest BCUT2D eigenvalue weighted by Crippen LogP contribution is 2.35. The summed E-state index contributed by atoms with van der Waals surface area (Å²) in [6.45, 7) is 1.14. The number of nitrogens with one attached hydrogen (secondary N) is 2. The third-order valence-corrected chi connectivity index (χ3v) is 4.00. The van der Waals surface area contributed by atoms with Gasteiger partial charge in [0.2, 0.25) is 0 Å². The topological polar surface area (TPSA) is 85.0 Å². The van der Waals surface area contributed by atoms with Gasteiger partial charge in [0.05, 0.1) is 5.39 Å². The molecule has 4 rings (SSSR count). The number of nitrogens with zero attached hydrogens (tertiary/aromatic N) is 3. The van der Waals surface area contributed by atoms with E-state index in [-0.39, 0.29) is 0 Å². The maximum Gasteiger partial charge on any atom is 0.163 e. The average Bonchev–Trinajstić information content (AvgIpc) is 2.99. The Labute approximate surface area is 130 Å². The Morgan fingerprint density at radius 1 is 1.18 bits per heavy atom. The largest absolute Gasteiger partial charge is 0.486 e. The average molecular weight is 315 g/mol. The SMILES string of the molecule is CSc1n[nH]c2ncnc(Nc3ccc4c(c3)OCCO4)c12. The predicted octanol–water partition coefficient (Wildman–Crippen LogP) is 2.59. The summed E-state index contributed by atoms with van der Waals surface area (Å²) in [6, 6.07) is 5.72. The van der Waals surface area contributed by atoms with Crippen LogP contribution in [-0.2, 0) is 0 Å². The minimum atomic E-state index is 0.562. The number of benzene rings is 1. The maximum atomic E-state index is 5.60. The molecule has 3 heterocycles. The van der Waals surface area contributed by atoms with E-state index in [1.807, 2.05) is 24.5 Å². The molecular weight excluding hydrogens is 302 g/mol. The summed E-state index contributed by atoms with van der Waals surface area (Å²) >= 11 is 1.55. The molecule has 3 aromatic rings. The second kappa shape index (κ2) is 5.38. The van der Waals surface area contributed by atoms with Crippen molar-refractivity contribution in [1.29, 1.82) is 0 Å². The lowest BCUT2D eigenvalue weighted by Crippen LogP contribution is -2.15. The van der Waals surface area contributed by atoms with Gasteiger partial charge in [0, 0.05) is 11.8 Å². The van der Waals surface area contributed by atoms with Gasteiger partial charge in [-0.05, 0) is 18.4 Å². The van der Waals surface area contributed by atoms with Gasteiger partial charge in [-0.1, -0.05) is 0 Å². The number of H-pyrrole nitrogens is 1. The summed E-state index contributed by atoms with van der Waals surface area (Å²) in [6.07, 6.45) is 3.47. The van der Waals surface area contributed by atoms with Gasteiger partial charge < -0.3 is 14.8 Å². The van der Waals surface area contributed by atoms with E-state index in [1.54, 1.807) is 11.8 Å². The molecule has 2 aromatic heterocycles. The first kappa shape index (κ1) is 13.2. The molecule has 22 heavy (non-hydrogen) atoms. The highest BCUT2D eigenvalue weighted by molar-refractivity contribution is 7.98. The fourth-order valence-corrected chi connectivity index (χ4v) is 2.87. The van der Waals surface area contributed by atoms with Gasteiger partial charge in [-0.25, -0.2) is 9.97 Å². The zero-order valence-electron chi connectivity index (χ0n) is 11.8. The van der Waals surface area contributed by atoms with Crippen LogP contribution in [0, 0.1) is 0 Å². The summed E-state index contributed by atoms with van der Waals surface area (Å²) in [5.41, 5.74) is 1.58. The Bertz CT molecular complexity index is 835. The van der Waals surface area contributed by atoms with Crippen molar-refractivity contribution in [3.8, 4) is 11.5 Å². The van der Waals surface area contributed by atoms with E-state index in [2.05, 4.69) is 25.5 Å². The molecule has 0 saturated carbocycles. The van der Waals surface area contributed by atoms with E-state index < -0.39 is 0 Å². The molecule has 0 amide bonds. The van der Waals surface area contributed by atoms with Gasteiger partial charge in [-0.3, -0.25) is 5.10 Å². The van der Waals surface area contributed by atoms with E-state index in [0.29, 0.717) is 24.7 Å². The van der Waals surface area contributed by atoms with Crippen LogP contribution in [0.15, 0.2) is 29.6 Å². The van der Waals surface area contributed by atoms with Crippen LogP contribution in [0.25, 0.3) is 11.0 Å². The van der Waals surface area contributed by atoms with Crippen molar-refractivity contribution in [2.45, 2.75) is 5.03 Å². The van der Waals surface area contributed by atoms with E-state index in [0.717, 1.165) is 27.6 Å². The molecule has 112 valence electrons. The van der Waals surface area contributed by atoms with Gasteiger partial charge in [-0.15, -0.1) is 11.8 Å². The Hall–Kier alpha value is -2.48. The Kier molecular flexibility index (Phi) is 3.23. The number of anilines is 2. The van der Waals surface area contributed by atoms with Crippen LogP contribution in [0.2, 0.25) is 0 Å². The Balaban J connectivity index is 1.73. The molecule has 8 heteroatoms. The molecule has 0 saturated heterocycles. The number of hydrogen-bond acceptors (Lipinski definition) is 7. The normalized spacial score (nSPS) is 13.3. The fourth-order valence-electron chi connectivity index (χ4n) is 2.33. The zero-order valence-corrected chi connectivity index (χ0v) is 12.6. The van der Waals surface area contributed by atoms with Crippen molar-refractivity contribution in [2.24, 2.45) is 0 Å². The van der Waals surface area contributed by atoms with Gasteiger partial charge >= 0.3 is 0 Å². The van der Waals surface area contributed by atoms with Crippen LogP contribution < -0.4 is 14.8 Å². The molecule has 0 unspecified atom stereocenters. The monoisotopic (exact) mass is 315 g/mol. The van der Waals surface area contributed by atoms with Crippen LogP contribution in [-0.4, -0.2) is 39.6 Å². The van der Waals surface area contributed by atoms with Gasteiger partial charge in [0.1, 0.15) is 30.4 Å². The van der Waals surface area contributed by atoms with E-state index in [1.165, 1.54) is 6.33 Å². The minimum Gasteiger partial charge on any atom is -0.486 e. The predicted molar refractivity (Wildman–Crippen MR) is 84.2 cm³/mol. The number of ether oxygens (including phenoxy) is 2.